The Labute approximate surface area is 83.7 Å². The van der Waals surface area contributed by atoms with Crippen molar-refractivity contribution >= 4 is 7.82 Å². The van der Waals surface area contributed by atoms with Crippen LogP contribution in [-0.4, -0.2) is 40.9 Å². The molecular weight excluding hydrogens is 236 g/mol. The molecule has 0 atom stereocenters. The van der Waals surface area contributed by atoms with Crippen molar-refractivity contribution in [3.63, 3.8) is 0 Å². The molecule has 0 aliphatic carbocycles. The first-order valence-corrected chi connectivity index (χ1v) is 4.69. The van der Waals surface area contributed by atoms with E-state index in [4.69, 9.17) is 19.2 Å². The number of piperazine rings is 1. The normalized spacial score (nSPS) is 16.9. The summed E-state index contributed by atoms with van der Waals surface area (Å²) < 4.78 is 8.88. The van der Waals surface area contributed by atoms with Crippen LogP contribution in [0, 0.1) is 0 Å². The van der Waals surface area contributed by atoms with E-state index in [1.54, 1.807) is 0 Å². The van der Waals surface area contributed by atoms with Crippen molar-refractivity contribution in [1.29, 1.82) is 0 Å². The van der Waals surface area contributed by atoms with E-state index in [9.17, 15) is 0 Å². The number of nitrogens with one attached hydrogen (secondary N) is 1. The van der Waals surface area contributed by atoms with Crippen LogP contribution in [0.15, 0.2) is 0 Å². The van der Waals surface area contributed by atoms with Crippen LogP contribution in [0.25, 0.3) is 5.32 Å². The summed E-state index contributed by atoms with van der Waals surface area (Å²) >= 11 is 0. The van der Waals surface area contributed by atoms with E-state index >= 15 is 0 Å². The van der Waals surface area contributed by atoms with Gasteiger partial charge in [0.05, 0.1) is 0 Å². The van der Waals surface area contributed by atoms with E-state index < -0.39 is 7.82 Å². The van der Waals surface area contributed by atoms with Crippen LogP contribution in [0.2, 0.25) is 0 Å². The summed E-state index contributed by atoms with van der Waals surface area (Å²) in [6, 6.07) is 0. The molecule has 4 N–H and O–H groups in total. The third-order valence-corrected chi connectivity index (χ3v) is 0.893. The first kappa shape index (κ1) is 15.1. The Morgan fingerprint density at radius 2 is 1.50 bits per heavy atom. The molecule has 0 aromatic rings. The van der Waals surface area contributed by atoms with Crippen molar-refractivity contribution in [2.45, 2.75) is 0 Å². The predicted octanol–water partition coefficient (Wildman–Crippen LogP) is -0.968. The van der Waals surface area contributed by atoms with Crippen LogP contribution in [0.1, 0.15) is 0 Å². The number of hydrogen-bond donors (Lipinski definition) is 4. The average Bonchev–Trinajstić information content (AvgIpc) is 1.88. The van der Waals surface area contributed by atoms with Gasteiger partial charge in [-0.2, -0.15) is 0 Å². The zero-order valence-corrected chi connectivity index (χ0v) is 10.5. The van der Waals surface area contributed by atoms with E-state index in [1.807, 2.05) is 0 Å². The van der Waals surface area contributed by atoms with Crippen molar-refractivity contribution in [2.24, 2.45) is 0 Å². The Morgan fingerprint density at radius 3 is 1.58 bits per heavy atom. The van der Waals surface area contributed by atoms with Crippen molar-refractivity contribution in [3.05, 3.63) is 5.32 Å². The van der Waals surface area contributed by atoms with Gasteiger partial charge in [0.25, 0.3) is 0 Å². The first-order valence-electron chi connectivity index (χ1n) is 3.12. The molecular formula is C4H12N2O4PZn-. The van der Waals surface area contributed by atoms with Gasteiger partial charge in [-0.25, -0.2) is 4.57 Å². The molecule has 0 aromatic heterocycles. The van der Waals surface area contributed by atoms with Crippen LogP contribution in [0.3, 0.4) is 0 Å². The summed E-state index contributed by atoms with van der Waals surface area (Å²) in [7, 11) is -4.64. The van der Waals surface area contributed by atoms with Crippen LogP contribution in [-0.2, 0) is 24.0 Å². The molecule has 12 heavy (non-hydrogen) atoms. The maximum atomic E-state index is 8.88. The number of hydrogen-bond acceptors (Lipinski definition) is 2. The van der Waals surface area contributed by atoms with Crippen molar-refractivity contribution in [1.82, 2.24) is 5.32 Å². The number of nitrogens with zero attached hydrogens (tertiary/aromatic N) is 1. The molecule has 1 saturated heterocycles. The van der Waals surface area contributed by atoms with Gasteiger partial charge in [-0.3, -0.25) is 0 Å². The predicted molar refractivity (Wildman–Crippen MR) is 40.2 cm³/mol. The van der Waals surface area contributed by atoms with Gasteiger partial charge in [-0.05, 0) is 13.1 Å². The minimum absolute atomic E-state index is 0. The van der Waals surface area contributed by atoms with Gasteiger partial charge < -0.3 is 25.3 Å². The Morgan fingerprint density at radius 1 is 1.17 bits per heavy atom. The molecule has 0 aromatic carbocycles. The van der Waals surface area contributed by atoms with E-state index in [2.05, 4.69) is 10.6 Å². The van der Waals surface area contributed by atoms with Crippen LogP contribution in [0.4, 0.5) is 0 Å². The maximum absolute atomic E-state index is 8.88. The fourth-order valence-electron chi connectivity index (χ4n) is 0.553. The monoisotopic (exact) mass is 247 g/mol. The molecule has 0 spiro atoms. The second kappa shape index (κ2) is 8.26. The molecule has 1 aliphatic rings. The van der Waals surface area contributed by atoms with E-state index in [-0.39, 0.29) is 19.5 Å². The number of rotatable bonds is 0. The van der Waals surface area contributed by atoms with Gasteiger partial charge in [-0.1, -0.05) is 0 Å². The van der Waals surface area contributed by atoms with Gasteiger partial charge in [-0.15, -0.1) is 13.1 Å². The molecule has 1 aliphatic heterocycles. The topological polar surface area (TPSA) is 104 Å². The van der Waals surface area contributed by atoms with E-state index in [0.29, 0.717) is 0 Å². The van der Waals surface area contributed by atoms with Crippen LogP contribution in [0.5, 0.6) is 0 Å². The first-order chi connectivity index (χ1) is 5.00. The summed E-state index contributed by atoms with van der Waals surface area (Å²) in [5.41, 5.74) is 0. The smallest absolute Gasteiger partial charge is 0.466 e. The summed E-state index contributed by atoms with van der Waals surface area (Å²) in [5, 5.41) is 7.31. The molecule has 0 saturated carbocycles. The fraction of sp³-hybridized carbons (Fsp3) is 1.00. The quantitative estimate of drug-likeness (QED) is 0.326. The Hall–Kier alpha value is 0.653. The van der Waals surface area contributed by atoms with Crippen LogP contribution >= 0.6 is 7.82 Å². The summed E-state index contributed by atoms with van der Waals surface area (Å²) in [4.78, 5) is 21.6. The summed E-state index contributed by atoms with van der Waals surface area (Å²) in [6.45, 7) is 4.19. The Bertz CT molecular complexity index is 117. The molecule has 0 bridgehead atoms. The summed E-state index contributed by atoms with van der Waals surface area (Å²) in [5.74, 6) is 0. The molecule has 0 unspecified atom stereocenters. The van der Waals surface area contributed by atoms with Crippen molar-refractivity contribution in [3.8, 4) is 0 Å². The Balaban J connectivity index is 0. The average molecular weight is 249 g/mol. The second-order valence-electron chi connectivity index (χ2n) is 1.93. The van der Waals surface area contributed by atoms with Crippen molar-refractivity contribution < 1.29 is 38.7 Å². The van der Waals surface area contributed by atoms with Gasteiger partial charge >= 0.3 is 7.82 Å². The number of phosphoric acid groups is 1. The fourth-order valence-corrected chi connectivity index (χ4v) is 0.553. The molecule has 6 nitrogen and oxygen atoms in total. The zero-order valence-electron chi connectivity index (χ0n) is 6.68. The molecule has 1 rings (SSSR count). The van der Waals surface area contributed by atoms with Gasteiger partial charge in [0.15, 0.2) is 0 Å². The minimum atomic E-state index is -4.64. The molecule has 8 heteroatoms. The van der Waals surface area contributed by atoms with E-state index in [0.717, 1.165) is 26.2 Å². The molecule has 1 fully saturated rings. The second-order valence-corrected chi connectivity index (χ2v) is 2.96. The largest absolute Gasteiger partial charge is 0.660 e. The van der Waals surface area contributed by atoms with Gasteiger partial charge in [0, 0.05) is 19.5 Å². The van der Waals surface area contributed by atoms with Crippen LogP contribution < -0.4 is 5.32 Å². The van der Waals surface area contributed by atoms with Crippen molar-refractivity contribution in [2.75, 3.05) is 26.2 Å². The standard InChI is InChI=1S/C4H9N2.H3O4P.Zn/c1-2-6-4-3-5-1;1-5(2,3)4;/h5H,1-4H2;(H3,1,2,3,4);/q-1;;. The Kier molecular flexibility index (Phi) is 10.4. The van der Waals surface area contributed by atoms with Gasteiger partial charge in [0.1, 0.15) is 0 Å². The molecule has 1 heterocycles. The minimum Gasteiger partial charge on any atom is -0.660 e. The van der Waals surface area contributed by atoms with E-state index in [1.165, 1.54) is 0 Å². The third kappa shape index (κ3) is 22.4. The molecule has 0 amide bonds. The maximum Gasteiger partial charge on any atom is 0.466 e. The van der Waals surface area contributed by atoms with Gasteiger partial charge in [0.2, 0.25) is 0 Å². The SMILES string of the molecule is C1CNCC[N-]1.O=P(O)(O)O.[Zn]. The molecule has 0 radical (unpaired) electrons. The molecule has 70 valence electrons. The third-order valence-electron chi connectivity index (χ3n) is 0.893. The zero-order chi connectivity index (χ0) is 8.74. The summed E-state index contributed by atoms with van der Waals surface area (Å²) in [6.07, 6.45) is 0.